The summed E-state index contributed by atoms with van der Waals surface area (Å²) in [6.07, 6.45) is 5.12. The Hall–Kier alpha value is 0.440. The summed E-state index contributed by atoms with van der Waals surface area (Å²) in [5.41, 5.74) is 0. The van der Waals surface area contributed by atoms with Gasteiger partial charge in [-0.05, 0) is 31.1 Å². The van der Waals surface area contributed by atoms with E-state index in [-0.39, 0.29) is 0 Å². The third kappa shape index (κ3) is 1.44. The Balaban J connectivity index is 1.97. The lowest BCUT2D eigenvalue weighted by Crippen LogP contribution is -2.27. The van der Waals surface area contributed by atoms with Crippen molar-refractivity contribution in [3.05, 3.63) is 0 Å². The van der Waals surface area contributed by atoms with Crippen molar-refractivity contribution < 1.29 is 4.74 Å². The number of halogens is 1. The molecule has 0 aliphatic carbocycles. The van der Waals surface area contributed by atoms with Crippen molar-refractivity contribution in [1.29, 1.82) is 0 Å². The third-order valence-electron chi connectivity index (χ3n) is 3.55. The van der Waals surface area contributed by atoms with E-state index in [4.69, 9.17) is 4.74 Å². The zero-order valence-corrected chi connectivity index (χ0v) is 9.38. The second-order valence-corrected chi connectivity index (χ2v) is 5.75. The summed E-state index contributed by atoms with van der Waals surface area (Å²) in [6.45, 7) is 4.59. The molecule has 0 aromatic carbocycles. The molecule has 5 unspecified atom stereocenters. The number of rotatable bonds is 2. The van der Waals surface area contributed by atoms with Crippen LogP contribution < -0.4 is 0 Å². The van der Waals surface area contributed by atoms with Crippen LogP contribution in [0.2, 0.25) is 0 Å². The molecule has 2 bridgehead atoms. The molecule has 2 fully saturated rings. The van der Waals surface area contributed by atoms with Crippen LogP contribution in [0.15, 0.2) is 0 Å². The minimum Gasteiger partial charge on any atom is -0.375 e. The van der Waals surface area contributed by atoms with E-state index in [2.05, 4.69) is 29.8 Å². The van der Waals surface area contributed by atoms with Crippen molar-refractivity contribution in [1.82, 2.24) is 0 Å². The molecule has 2 rings (SSSR count). The maximum Gasteiger partial charge on any atom is 0.0611 e. The molecule has 2 saturated heterocycles. The molecule has 2 heteroatoms. The zero-order valence-electron chi connectivity index (χ0n) is 7.79. The first-order chi connectivity index (χ1) is 5.68. The summed E-state index contributed by atoms with van der Waals surface area (Å²) in [5.74, 6) is 1.58. The molecular formula is C10H17BrO. The number of hydrogen-bond acceptors (Lipinski definition) is 1. The van der Waals surface area contributed by atoms with E-state index in [0.29, 0.717) is 17.0 Å². The molecular weight excluding hydrogens is 216 g/mol. The average molecular weight is 233 g/mol. The third-order valence-corrected chi connectivity index (χ3v) is 4.39. The van der Waals surface area contributed by atoms with Gasteiger partial charge in [0.2, 0.25) is 0 Å². The topological polar surface area (TPSA) is 9.23 Å². The first kappa shape index (κ1) is 9.01. The van der Waals surface area contributed by atoms with Crippen LogP contribution in [0.5, 0.6) is 0 Å². The number of ether oxygens (including phenoxy) is 1. The van der Waals surface area contributed by atoms with Crippen LogP contribution in [0.25, 0.3) is 0 Å². The van der Waals surface area contributed by atoms with E-state index >= 15 is 0 Å². The molecule has 0 N–H and O–H groups in total. The Labute approximate surface area is 83.0 Å². The van der Waals surface area contributed by atoms with Gasteiger partial charge in [-0.2, -0.15) is 0 Å². The van der Waals surface area contributed by atoms with Crippen molar-refractivity contribution in [2.45, 2.75) is 50.1 Å². The molecule has 0 saturated carbocycles. The van der Waals surface area contributed by atoms with Crippen LogP contribution in [0.3, 0.4) is 0 Å². The summed E-state index contributed by atoms with van der Waals surface area (Å²) in [5, 5.41) is 0. The first-order valence-electron chi connectivity index (χ1n) is 4.98. The van der Waals surface area contributed by atoms with Gasteiger partial charge in [0.05, 0.1) is 12.2 Å². The van der Waals surface area contributed by atoms with Crippen LogP contribution >= 0.6 is 15.9 Å². The van der Waals surface area contributed by atoms with E-state index in [1.165, 1.54) is 19.3 Å². The normalized spacial score (nSPS) is 44.8. The van der Waals surface area contributed by atoms with E-state index in [9.17, 15) is 0 Å². The quantitative estimate of drug-likeness (QED) is 0.666. The molecule has 1 nitrogen and oxygen atoms in total. The van der Waals surface area contributed by atoms with Crippen molar-refractivity contribution in [2.24, 2.45) is 11.8 Å². The van der Waals surface area contributed by atoms with Gasteiger partial charge < -0.3 is 4.74 Å². The van der Waals surface area contributed by atoms with Gasteiger partial charge in [-0.1, -0.05) is 29.8 Å². The lowest BCUT2D eigenvalue weighted by atomic mass is 9.80. The fraction of sp³-hybridized carbons (Fsp3) is 1.00. The summed E-state index contributed by atoms with van der Waals surface area (Å²) < 4.78 is 5.84. The summed E-state index contributed by atoms with van der Waals surface area (Å²) in [4.78, 5) is 0.630. The molecule has 70 valence electrons. The van der Waals surface area contributed by atoms with Gasteiger partial charge in [-0.15, -0.1) is 0 Å². The van der Waals surface area contributed by atoms with Crippen molar-refractivity contribution in [3.8, 4) is 0 Å². The van der Waals surface area contributed by atoms with Crippen LogP contribution in [0.4, 0.5) is 0 Å². The highest BCUT2D eigenvalue weighted by atomic mass is 79.9. The van der Waals surface area contributed by atoms with E-state index < -0.39 is 0 Å². The molecule has 0 radical (unpaired) electrons. The second-order valence-electron chi connectivity index (χ2n) is 4.31. The monoisotopic (exact) mass is 232 g/mol. The fourth-order valence-electron chi connectivity index (χ4n) is 2.57. The van der Waals surface area contributed by atoms with Gasteiger partial charge in [0.1, 0.15) is 0 Å². The van der Waals surface area contributed by atoms with Crippen LogP contribution in [-0.4, -0.2) is 17.0 Å². The largest absolute Gasteiger partial charge is 0.375 e. The van der Waals surface area contributed by atoms with E-state index in [0.717, 1.165) is 11.8 Å². The predicted molar refractivity (Wildman–Crippen MR) is 53.6 cm³/mol. The standard InChI is InChI=1S/C10H17BrO/c1-6(7(2)11)9-5-8-3-4-10(9)12-8/h6-10H,3-5H2,1-2H3. The molecule has 0 spiro atoms. The fourth-order valence-corrected chi connectivity index (χ4v) is 2.96. The summed E-state index contributed by atoms with van der Waals surface area (Å²) in [6, 6.07) is 0. The smallest absolute Gasteiger partial charge is 0.0611 e. The summed E-state index contributed by atoms with van der Waals surface area (Å²) >= 11 is 3.67. The number of alkyl halides is 1. The molecule has 0 aromatic rings. The van der Waals surface area contributed by atoms with Crippen LogP contribution in [-0.2, 0) is 4.74 Å². The van der Waals surface area contributed by atoms with Gasteiger partial charge in [0.15, 0.2) is 0 Å². The molecule has 2 aliphatic rings. The number of hydrogen-bond donors (Lipinski definition) is 0. The minimum absolute atomic E-state index is 0.588. The molecule has 5 atom stereocenters. The zero-order chi connectivity index (χ0) is 8.72. The molecule has 12 heavy (non-hydrogen) atoms. The molecule has 0 aromatic heterocycles. The lowest BCUT2D eigenvalue weighted by molar-refractivity contribution is 0.0837. The Morgan fingerprint density at radius 2 is 2.08 bits per heavy atom. The Bertz CT molecular complexity index is 169. The first-order valence-corrected chi connectivity index (χ1v) is 5.89. The Morgan fingerprint density at radius 1 is 1.33 bits per heavy atom. The van der Waals surface area contributed by atoms with Gasteiger partial charge in [0.25, 0.3) is 0 Å². The highest BCUT2D eigenvalue weighted by Crippen LogP contribution is 2.43. The van der Waals surface area contributed by atoms with Crippen molar-refractivity contribution >= 4 is 15.9 Å². The number of fused-ring (bicyclic) bond motifs is 2. The van der Waals surface area contributed by atoms with Gasteiger partial charge in [0, 0.05) is 4.83 Å². The van der Waals surface area contributed by atoms with Gasteiger partial charge in [-0.3, -0.25) is 0 Å². The maximum atomic E-state index is 5.84. The van der Waals surface area contributed by atoms with E-state index in [1.54, 1.807) is 0 Å². The Kier molecular flexibility index (Phi) is 2.48. The second kappa shape index (κ2) is 3.30. The maximum absolute atomic E-state index is 5.84. The SMILES string of the molecule is CC(Br)C(C)C1CC2CCC1O2. The Morgan fingerprint density at radius 3 is 2.50 bits per heavy atom. The molecule has 0 amide bonds. The predicted octanol–water partition coefficient (Wildman–Crippen LogP) is 2.97. The van der Waals surface area contributed by atoms with Gasteiger partial charge >= 0.3 is 0 Å². The van der Waals surface area contributed by atoms with Crippen LogP contribution in [0.1, 0.15) is 33.1 Å². The van der Waals surface area contributed by atoms with Crippen molar-refractivity contribution in [2.75, 3.05) is 0 Å². The lowest BCUT2D eigenvalue weighted by Gasteiger charge is -2.27. The minimum atomic E-state index is 0.588. The highest BCUT2D eigenvalue weighted by Gasteiger charge is 2.43. The van der Waals surface area contributed by atoms with Crippen LogP contribution in [0, 0.1) is 11.8 Å². The van der Waals surface area contributed by atoms with Gasteiger partial charge in [-0.25, -0.2) is 0 Å². The molecule has 2 heterocycles. The summed E-state index contributed by atoms with van der Waals surface area (Å²) in [7, 11) is 0. The average Bonchev–Trinajstić information content (AvgIpc) is 2.62. The van der Waals surface area contributed by atoms with E-state index in [1.807, 2.05) is 0 Å². The highest BCUT2D eigenvalue weighted by molar-refractivity contribution is 9.09. The molecule has 2 aliphatic heterocycles. The van der Waals surface area contributed by atoms with Crippen molar-refractivity contribution in [3.63, 3.8) is 0 Å².